The molecule has 1 fully saturated rings. The SMILES string of the molecule is Cc1cccc(-c2nnc(-c3ccc(C(=O)N4CCS(=O)(=O)CC4)cc3)o2)c1. The van der Waals surface area contributed by atoms with Gasteiger partial charge in [-0.25, -0.2) is 8.42 Å². The fourth-order valence-electron chi connectivity index (χ4n) is 3.09. The summed E-state index contributed by atoms with van der Waals surface area (Å²) in [6.45, 7) is 2.45. The van der Waals surface area contributed by atoms with Crippen LogP contribution in [0.15, 0.2) is 52.9 Å². The lowest BCUT2D eigenvalue weighted by Gasteiger charge is -2.26. The third-order valence-electron chi connectivity index (χ3n) is 4.70. The van der Waals surface area contributed by atoms with Gasteiger partial charge in [-0.2, -0.15) is 0 Å². The van der Waals surface area contributed by atoms with E-state index in [9.17, 15) is 13.2 Å². The van der Waals surface area contributed by atoms with Gasteiger partial charge < -0.3 is 9.32 Å². The number of hydrogen-bond acceptors (Lipinski definition) is 6. The minimum absolute atomic E-state index is 0.0144. The minimum atomic E-state index is -3.02. The molecule has 1 aliphatic rings. The number of benzene rings is 2. The molecule has 144 valence electrons. The zero-order chi connectivity index (χ0) is 19.7. The van der Waals surface area contributed by atoms with Gasteiger partial charge in [-0.15, -0.1) is 10.2 Å². The van der Waals surface area contributed by atoms with Crippen molar-refractivity contribution in [2.24, 2.45) is 0 Å². The molecular formula is C20H19N3O4S. The van der Waals surface area contributed by atoms with Gasteiger partial charge in [-0.05, 0) is 43.3 Å². The number of amides is 1. The van der Waals surface area contributed by atoms with Crippen LogP contribution in [-0.2, 0) is 9.84 Å². The van der Waals surface area contributed by atoms with Gasteiger partial charge in [0.15, 0.2) is 9.84 Å². The highest BCUT2D eigenvalue weighted by Crippen LogP contribution is 2.25. The molecule has 0 bridgehead atoms. The first-order valence-electron chi connectivity index (χ1n) is 8.92. The molecule has 0 N–H and O–H groups in total. The predicted molar refractivity (Wildman–Crippen MR) is 104 cm³/mol. The number of aromatic nitrogens is 2. The third-order valence-corrected chi connectivity index (χ3v) is 6.31. The van der Waals surface area contributed by atoms with Crippen LogP contribution in [0.4, 0.5) is 0 Å². The Morgan fingerprint density at radius 2 is 1.61 bits per heavy atom. The van der Waals surface area contributed by atoms with Gasteiger partial charge in [0.25, 0.3) is 5.91 Å². The summed E-state index contributed by atoms with van der Waals surface area (Å²) in [5.41, 5.74) is 3.17. The van der Waals surface area contributed by atoms with Crippen molar-refractivity contribution in [3.63, 3.8) is 0 Å². The molecule has 1 aliphatic heterocycles. The van der Waals surface area contributed by atoms with Crippen molar-refractivity contribution in [2.45, 2.75) is 6.92 Å². The van der Waals surface area contributed by atoms with Crippen LogP contribution in [0.2, 0.25) is 0 Å². The Morgan fingerprint density at radius 1 is 0.964 bits per heavy atom. The van der Waals surface area contributed by atoms with Crippen LogP contribution < -0.4 is 0 Å². The van der Waals surface area contributed by atoms with E-state index >= 15 is 0 Å². The lowest BCUT2D eigenvalue weighted by atomic mass is 10.1. The first-order valence-corrected chi connectivity index (χ1v) is 10.7. The van der Waals surface area contributed by atoms with Crippen LogP contribution in [0.25, 0.3) is 22.9 Å². The molecule has 2 aromatic carbocycles. The Kier molecular flexibility index (Phi) is 4.72. The van der Waals surface area contributed by atoms with E-state index in [1.165, 1.54) is 0 Å². The molecule has 8 heteroatoms. The molecule has 0 spiro atoms. The normalized spacial score (nSPS) is 16.1. The van der Waals surface area contributed by atoms with Crippen LogP contribution in [-0.4, -0.2) is 54.0 Å². The third kappa shape index (κ3) is 3.82. The van der Waals surface area contributed by atoms with E-state index < -0.39 is 9.84 Å². The van der Waals surface area contributed by atoms with Gasteiger partial charge in [0.1, 0.15) is 0 Å². The molecule has 1 saturated heterocycles. The van der Waals surface area contributed by atoms with E-state index in [4.69, 9.17) is 4.42 Å². The monoisotopic (exact) mass is 397 g/mol. The summed E-state index contributed by atoms with van der Waals surface area (Å²) < 4.78 is 28.8. The lowest BCUT2D eigenvalue weighted by Crippen LogP contribution is -2.43. The van der Waals surface area contributed by atoms with E-state index in [1.54, 1.807) is 29.2 Å². The predicted octanol–water partition coefficient (Wildman–Crippen LogP) is 2.58. The standard InChI is InChI=1S/C20H19N3O4S/c1-14-3-2-4-17(13-14)19-22-21-18(27-19)15-5-7-16(8-6-15)20(24)23-9-11-28(25,26)12-10-23/h2-8,13H,9-12H2,1H3. The summed E-state index contributed by atoms with van der Waals surface area (Å²) in [5.74, 6) is 0.668. The van der Waals surface area contributed by atoms with E-state index in [1.807, 2.05) is 31.2 Å². The molecule has 0 unspecified atom stereocenters. The van der Waals surface area contributed by atoms with Crippen molar-refractivity contribution in [3.8, 4) is 22.9 Å². The zero-order valence-electron chi connectivity index (χ0n) is 15.3. The van der Waals surface area contributed by atoms with Gasteiger partial charge in [0.2, 0.25) is 11.8 Å². The zero-order valence-corrected chi connectivity index (χ0v) is 16.1. The number of hydrogen-bond donors (Lipinski definition) is 0. The summed E-state index contributed by atoms with van der Waals surface area (Å²) in [4.78, 5) is 14.1. The highest BCUT2D eigenvalue weighted by Gasteiger charge is 2.25. The smallest absolute Gasteiger partial charge is 0.253 e. The minimum Gasteiger partial charge on any atom is -0.416 e. The van der Waals surface area contributed by atoms with Gasteiger partial charge in [0.05, 0.1) is 11.5 Å². The number of nitrogens with zero attached hydrogens (tertiary/aromatic N) is 3. The van der Waals surface area contributed by atoms with E-state index in [2.05, 4.69) is 10.2 Å². The summed E-state index contributed by atoms with van der Waals surface area (Å²) in [7, 11) is -3.02. The highest BCUT2D eigenvalue weighted by molar-refractivity contribution is 7.91. The van der Waals surface area contributed by atoms with Crippen molar-refractivity contribution in [1.82, 2.24) is 15.1 Å². The first-order chi connectivity index (χ1) is 13.4. The molecule has 0 saturated carbocycles. The molecule has 1 amide bonds. The summed E-state index contributed by atoms with van der Waals surface area (Å²) in [5, 5.41) is 8.19. The van der Waals surface area contributed by atoms with Gasteiger partial charge >= 0.3 is 0 Å². The van der Waals surface area contributed by atoms with Crippen LogP contribution >= 0.6 is 0 Å². The molecule has 1 aromatic heterocycles. The van der Waals surface area contributed by atoms with Crippen molar-refractivity contribution in [3.05, 3.63) is 59.7 Å². The van der Waals surface area contributed by atoms with Crippen LogP contribution in [0.3, 0.4) is 0 Å². The van der Waals surface area contributed by atoms with E-state index in [-0.39, 0.29) is 30.5 Å². The summed E-state index contributed by atoms with van der Waals surface area (Å²) >= 11 is 0. The van der Waals surface area contributed by atoms with Crippen LogP contribution in [0, 0.1) is 6.92 Å². The molecule has 7 nitrogen and oxygen atoms in total. The molecule has 4 rings (SSSR count). The Balaban J connectivity index is 1.50. The summed E-state index contributed by atoms with van der Waals surface area (Å²) in [6.07, 6.45) is 0. The quantitative estimate of drug-likeness (QED) is 0.674. The van der Waals surface area contributed by atoms with Crippen LogP contribution in [0.5, 0.6) is 0 Å². The topological polar surface area (TPSA) is 93.4 Å². The molecule has 2 heterocycles. The Morgan fingerprint density at radius 3 is 2.25 bits per heavy atom. The maximum Gasteiger partial charge on any atom is 0.253 e. The van der Waals surface area contributed by atoms with Crippen molar-refractivity contribution in [2.75, 3.05) is 24.6 Å². The van der Waals surface area contributed by atoms with Gasteiger partial charge in [0, 0.05) is 29.8 Å². The lowest BCUT2D eigenvalue weighted by molar-refractivity contribution is 0.0770. The summed E-state index contributed by atoms with van der Waals surface area (Å²) in [6, 6.07) is 14.7. The fraction of sp³-hybridized carbons (Fsp3) is 0.250. The second-order valence-corrected chi connectivity index (χ2v) is 9.11. The molecule has 0 radical (unpaired) electrons. The Bertz CT molecular complexity index is 1110. The Hall–Kier alpha value is -3.00. The molecular weight excluding hydrogens is 378 g/mol. The Labute approximate surface area is 162 Å². The van der Waals surface area contributed by atoms with Crippen molar-refractivity contribution in [1.29, 1.82) is 0 Å². The number of aryl methyl sites for hydroxylation is 1. The van der Waals surface area contributed by atoms with Crippen molar-refractivity contribution < 1.29 is 17.6 Å². The molecule has 28 heavy (non-hydrogen) atoms. The first kappa shape index (κ1) is 18.4. The van der Waals surface area contributed by atoms with E-state index in [0.29, 0.717) is 22.9 Å². The number of sulfone groups is 1. The fourth-order valence-corrected chi connectivity index (χ4v) is 4.29. The number of carbonyl (C=O) groups is 1. The van der Waals surface area contributed by atoms with E-state index in [0.717, 1.165) is 11.1 Å². The van der Waals surface area contributed by atoms with Crippen LogP contribution in [0.1, 0.15) is 15.9 Å². The highest BCUT2D eigenvalue weighted by atomic mass is 32.2. The maximum atomic E-state index is 12.6. The second-order valence-electron chi connectivity index (χ2n) is 6.80. The largest absolute Gasteiger partial charge is 0.416 e. The second kappa shape index (κ2) is 7.20. The van der Waals surface area contributed by atoms with Gasteiger partial charge in [-0.3, -0.25) is 4.79 Å². The average Bonchev–Trinajstić information content (AvgIpc) is 3.18. The molecule has 3 aromatic rings. The molecule has 0 aliphatic carbocycles. The van der Waals surface area contributed by atoms with Crippen molar-refractivity contribution >= 4 is 15.7 Å². The molecule has 0 atom stereocenters. The number of rotatable bonds is 3. The number of carbonyl (C=O) groups excluding carboxylic acids is 1. The maximum absolute atomic E-state index is 12.6. The van der Waals surface area contributed by atoms with Gasteiger partial charge in [-0.1, -0.05) is 17.7 Å². The average molecular weight is 397 g/mol.